The van der Waals surface area contributed by atoms with E-state index in [0.717, 1.165) is 12.2 Å². The molecule has 0 radical (unpaired) electrons. The van der Waals surface area contributed by atoms with Crippen LogP contribution >= 0.6 is 0 Å². The Balaban J connectivity index is 2.40. The Morgan fingerprint density at radius 3 is 2.50 bits per heavy atom. The quantitative estimate of drug-likeness (QED) is 0.694. The fourth-order valence-corrected chi connectivity index (χ4v) is 1.51. The zero-order valence-electron chi connectivity index (χ0n) is 8.87. The van der Waals surface area contributed by atoms with Crippen LogP contribution in [0, 0.1) is 0 Å². The maximum atomic E-state index is 9.63. The summed E-state index contributed by atoms with van der Waals surface area (Å²) in [4.78, 5) is 0. The number of phenols is 1. The molecule has 1 heterocycles. The van der Waals surface area contributed by atoms with Crippen LogP contribution in [0.15, 0.2) is 18.2 Å². The Hall–Kier alpha value is -1.02. The summed E-state index contributed by atoms with van der Waals surface area (Å²) in [5.74, 6) is 0.348. The summed E-state index contributed by atoms with van der Waals surface area (Å²) >= 11 is 0. The summed E-state index contributed by atoms with van der Waals surface area (Å²) < 4.78 is 5.18. The smallest absolute Gasteiger partial charge is 0.121 e. The number of benzene rings is 1. The Morgan fingerprint density at radius 1 is 1.36 bits per heavy atom. The van der Waals surface area contributed by atoms with E-state index in [1.807, 2.05) is 12.1 Å². The normalized spacial score (nSPS) is 20.9. The SMILES string of the molecule is CC(C)(C)c1ccc(O)c(C2CO2)c1. The van der Waals surface area contributed by atoms with E-state index in [9.17, 15) is 5.11 Å². The Bertz CT molecular complexity index is 346. The van der Waals surface area contributed by atoms with E-state index in [4.69, 9.17) is 4.74 Å². The lowest BCUT2D eigenvalue weighted by Gasteiger charge is -2.20. The number of aromatic hydroxyl groups is 1. The Labute approximate surface area is 84.5 Å². The second kappa shape index (κ2) is 2.99. The molecule has 1 aliphatic heterocycles. The highest BCUT2D eigenvalue weighted by Gasteiger charge is 2.28. The molecule has 2 rings (SSSR count). The average Bonchev–Trinajstić information content (AvgIpc) is 2.85. The molecule has 1 atom stereocenters. The van der Waals surface area contributed by atoms with Crippen LogP contribution in [0.2, 0.25) is 0 Å². The fraction of sp³-hybridized carbons (Fsp3) is 0.500. The standard InChI is InChI=1S/C12H16O2/c1-12(2,3)8-4-5-10(13)9(6-8)11-7-14-11/h4-6,11,13H,7H2,1-3H3. The summed E-state index contributed by atoms with van der Waals surface area (Å²) in [5.41, 5.74) is 2.29. The molecule has 0 saturated carbocycles. The molecule has 1 unspecified atom stereocenters. The Kier molecular flexibility index (Phi) is 2.04. The monoisotopic (exact) mass is 192 g/mol. The lowest BCUT2D eigenvalue weighted by molar-refractivity contribution is 0.400. The van der Waals surface area contributed by atoms with Gasteiger partial charge in [0.05, 0.1) is 6.61 Å². The second-order valence-electron chi connectivity index (χ2n) is 4.85. The summed E-state index contributed by atoms with van der Waals surface area (Å²) in [6, 6.07) is 5.78. The van der Waals surface area contributed by atoms with E-state index in [-0.39, 0.29) is 11.5 Å². The molecule has 0 amide bonds. The molecule has 1 fully saturated rings. The molecule has 0 bridgehead atoms. The number of hydrogen-bond acceptors (Lipinski definition) is 2. The molecule has 76 valence electrons. The van der Waals surface area contributed by atoms with Crippen molar-refractivity contribution in [3.05, 3.63) is 29.3 Å². The van der Waals surface area contributed by atoms with Crippen LogP contribution in [0.1, 0.15) is 38.0 Å². The molecule has 1 aromatic carbocycles. The van der Waals surface area contributed by atoms with Crippen molar-refractivity contribution in [3.8, 4) is 5.75 Å². The van der Waals surface area contributed by atoms with Crippen molar-refractivity contribution in [2.45, 2.75) is 32.3 Å². The van der Waals surface area contributed by atoms with Gasteiger partial charge in [-0.25, -0.2) is 0 Å². The molecule has 14 heavy (non-hydrogen) atoms. The molecule has 1 N–H and O–H groups in total. The summed E-state index contributed by atoms with van der Waals surface area (Å²) in [7, 11) is 0. The Morgan fingerprint density at radius 2 is 2.00 bits per heavy atom. The van der Waals surface area contributed by atoms with Crippen molar-refractivity contribution >= 4 is 0 Å². The highest BCUT2D eigenvalue weighted by Crippen LogP contribution is 2.38. The van der Waals surface area contributed by atoms with Gasteiger partial charge in [-0.2, -0.15) is 0 Å². The van der Waals surface area contributed by atoms with Crippen molar-refractivity contribution in [2.24, 2.45) is 0 Å². The maximum absolute atomic E-state index is 9.63. The lowest BCUT2D eigenvalue weighted by Crippen LogP contribution is -2.11. The zero-order valence-corrected chi connectivity index (χ0v) is 8.87. The van der Waals surface area contributed by atoms with Crippen molar-refractivity contribution in [3.63, 3.8) is 0 Å². The van der Waals surface area contributed by atoms with E-state index in [0.29, 0.717) is 5.75 Å². The third-order valence-electron chi connectivity index (χ3n) is 2.57. The maximum Gasteiger partial charge on any atom is 0.121 e. The highest BCUT2D eigenvalue weighted by atomic mass is 16.6. The van der Waals surface area contributed by atoms with Gasteiger partial charge in [-0.05, 0) is 23.1 Å². The number of rotatable bonds is 1. The van der Waals surface area contributed by atoms with Gasteiger partial charge >= 0.3 is 0 Å². The van der Waals surface area contributed by atoms with Gasteiger partial charge in [0.1, 0.15) is 11.9 Å². The molecule has 0 aliphatic carbocycles. The second-order valence-corrected chi connectivity index (χ2v) is 4.85. The molecular formula is C12H16O2. The highest BCUT2D eigenvalue weighted by molar-refractivity contribution is 5.41. The van der Waals surface area contributed by atoms with Gasteiger partial charge in [0, 0.05) is 5.56 Å². The first-order valence-corrected chi connectivity index (χ1v) is 4.93. The number of epoxide rings is 1. The summed E-state index contributed by atoms with van der Waals surface area (Å²) in [5, 5.41) is 9.63. The van der Waals surface area contributed by atoms with Crippen LogP contribution in [0.5, 0.6) is 5.75 Å². The largest absolute Gasteiger partial charge is 0.508 e. The zero-order chi connectivity index (χ0) is 10.3. The number of hydrogen-bond donors (Lipinski definition) is 1. The van der Waals surface area contributed by atoms with E-state index in [1.165, 1.54) is 5.56 Å². The van der Waals surface area contributed by atoms with E-state index in [1.54, 1.807) is 6.07 Å². The summed E-state index contributed by atoms with van der Waals surface area (Å²) in [6.45, 7) is 7.23. The van der Waals surface area contributed by atoms with Crippen LogP contribution < -0.4 is 0 Å². The van der Waals surface area contributed by atoms with Gasteiger partial charge in [0.2, 0.25) is 0 Å². The molecule has 1 aliphatic rings. The van der Waals surface area contributed by atoms with Gasteiger partial charge in [0.25, 0.3) is 0 Å². The molecule has 1 aromatic rings. The van der Waals surface area contributed by atoms with E-state index >= 15 is 0 Å². The minimum atomic E-state index is 0.122. The average molecular weight is 192 g/mol. The van der Waals surface area contributed by atoms with Crippen molar-refractivity contribution in [1.29, 1.82) is 0 Å². The summed E-state index contributed by atoms with van der Waals surface area (Å²) in [6.07, 6.45) is 0.122. The first kappa shape index (κ1) is 9.53. The van der Waals surface area contributed by atoms with Crippen LogP contribution in [-0.4, -0.2) is 11.7 Å². The van der Waals surface area contributed by atoms with Crippen molar-refractivity contribution in [2.75, 3.05) is 6.61 Å². The molecule has 2 nitrogen and oxygen atoms in total. The fourth-order valence-electron chi connectivity index (χ4n) is 1.51. The van der Waals surface area contributed by atoms with Gasteiger partial charge in [0.15, 0.2) is 0 Å². The molecule has 2 heteroatoms. The van der Waals surface area contributed by atoms with E-state index < -0.39 is 0 Å². The minimum Gasteiger partial charge on any atom is -0.508 e. The molecular weight excluding hydrogens is 176 g/mol. The van der Waals surface area contributed by atoms with Crippen LogP contribution in [0.4, 0.5) is 0 Å². The molecule has 0 spiro atoms. The van der Waals surface area contributed by atoms with Gasteiger partial charge < -0.3 is 9.84 Å². The number of ether oxygens (including phenoxy) is 1. The minimum absolute atomic E-state index is 0.122. The van der Waals surface area contributed by atoms with Gasteiger partial charge in [-0.3, -0.25) is 0 Å². The third-order valence-corrected chi connectivity index (χ3v) is 2.57. The lowest BCUT2D eigenvalue weighted by atomic mass is 9.86. The van der Waals surface area contributed by atoms with Crippen LogP contribution in [-0.2, 0) is 10.2 Å². The first-order valence-electron chi connectivity index (χ1n) is 4.93. The van der Waals surface area contributed by atoms with Crippen LogP contribution in [0.3, 0.4) is 0 Å². The topological polar surface area (TPSA) is 32.8 Å². The predicted molar refractivity (Wildman–Crippen MR) is 55.5 cm³/mol. The van der Waals surface area contributed by atoms with Crippen LogP contribution in [0.25, 0.3) is 0 Å². The van der Waals surface area contributed by atoms with Crippen molar-refractivity contribution in [1.82, 2.24) is 0 Å². The molecule has 1 saturated heterocycles. The van der Waals surface area contributed by atoms with Gasteiger partial charge in [-0.15, -0.1) is 0 Å². The third kappa shape index (κ3) is 1.75. The molecule has 0 aromatic heterocycles. The number of phenolic OH excluding ortho intramolecular Hbond substituents is 1. The first-order chi connectivity index (χ1) is 6.48. The predicted octanol–water partition coefficient (Wildman–Crippen LogP) is 2.76. The van der Waals surface area contributed by atoms with Gasteiger partial charge in [-0.1, -0.05) is 26.8 Å². The van der Waals surface area contributed by atoms with E-state index in [2.05, 4.69) is 20.8 Å². The van der Waals surface area contributed by atoms with Crippen molar-refractivity contribution < 1.29 is 9.84 Å².